The molecule has 1 saturated heterocycles. The van der Waals surface area contributed by atoms with Crippen LogP contribution >= 0.6 is 15.9 Å². The number of fused-ring (bicyclic) bond motifs is 1. The highest BCUT2D eigenvalue weighted by atomic mass is 79.9. The molecule has 0 amide bonds. The van der Waals surface area contributed by atoms with Gasteiger partial charge in [-0.3, -0.25) is 0 Å². The van der Waals surface area contributed by atoms with Gasteiger partial charge in [0.2, 0.25) is 10.0 Å². The van der Waals surface area contributed by atoms with Gasteiger partial charge in [-0.25, -0.2) is 8.42 Å². The maximum Gasteiger partial charge on any atom is 0.244 e. The molecule has 0 radical (unpaired) electrons. The maximum absolute atomic E-state index is 13.0. The standard InChI is InChI=1S/C14H19BrN2O3S/c15-11-5-4-10(9-16)8-14(11)21(18,19)17-6-7-20-13-3-1-2-12(13)17/h4-5,8,12-13H,1-3,6-7,9,16H2. The summed E-state index contributed by atoms with van der Waals surface area (Å²) in [6, 6.07) is 5.22. The Hall–Kier alpha value is -0.470. The summed E-state index contributed by atoms with van der Waals surface area (Å²) in [5.41, 5.74) is 6.45. The predicted molar refractivity (Wildman–Crippen MR) is 83.3 cm³/mol. The van der Waals surface area contributed by atoms with Gasteiger partial charge in [-0.2, -0.15) is 4.31 Å². The first-order valence-corrected chi connectivity index (χ1v) is 9.39. The van der Waals surface area contributed by atoms with Gasteiger partial charge in [0.25, 0.3) is 0 Å². The third-order valence-electron chi connectivity index (χ3n) is 4.25. The van der Waals surface area contributed by atoms with E-state index in [4.69, 9.17) is 10.5 Å². The smallest absolute Gasteiger partial charge is 0.244 e. The minimum absolute atomic E-state index is 0.0304. The fraction of sp³-hybridized carbons (Fsp3) is 0.571. The van der Waals surface area contributed by atoms with Crippen LogP contribution in [0.5, 0.6) is 0 Å². The molecule has 2 fully saturated rings. The number of nitrogens with two attached hydrogens (primary N) is 1. The van der Waals surface area contributed by atoms with Crippen LogP contribution in [0.3, 0.4) is 0 Å². The van der Waals surface area contributed by atoms with Crippen molar-refractivity contribution >= 4 is 26.0 Å². The summed E-state index contributed by atoms with van der Waals surface area (Å²) in [4.78, 5) is 0.304. The number of nitrogens with zero attached hydrogens (tertiary/aromatic N) is 1. The van der Waals surface area contributed by atoms with Gasteiger partial charge in [-0.1, -0.05) is 6.07 Å². The largest absolute Gasteiger partial charge is 0.375 e. The van der Waals surface area contributed by atoms with E-state index >= 15 is 0 Å². The first kappa shape index (κ1) is 15.4. The number of sulfonamides is 1. The van der Waals surface area contributed by atoms with Crippen molar-refractivity contribution in [2.45, 2.75) is 42.8 Å². The van der Waals surface area contributed by atoms with Crippen molar-refractivity contribution in [3.05, 3.63) is 28.2 Å². The van der Waals surface area contributed by atoms with E-state index in [1.54, 1.807) is 16.4 Å². The van der Waals surface area contributed by atoms with Gasteiger partial charge in [-0.15, -0.1) is 0 Å². The Labute approximate surface area is 133 Å². The van der Waals surface area contributed by atoms with E-state index in [0.717, 1.165) is 24.8 Å². The topological polar surface area (TPSA) is 72.6 Å². The lowest BCUT2D eigenvalue weighted by Crippen LogP contribution is -2.51. The molecular weight excluding hydrogens is 356 g/mol. The minimum Gasteiger partial charge on any atom is -0.375 e. The molecule has 5 nitrogen and oxygen atoms in total. The third kappa shape index (κ3) is 2.77. The molecular formula is C14H19BrN2O3S. The van der Waals surface area contributed by atoms with E-state index < -0.39 is 10.0 Å². The molecule has 2 unspecified atom stereocenters. The Morgan fingerprint density at radius 3 is 2.95 bits per heavy atom. The van der Waals surface area contributed by atoms with Crippen LogP contribution in [0.4, 0.5) is 0 Å². The van der Waals surface area contributed by atoms with Gasteiger partial charge in [0.05, 0.1) is 23.6 Å². The molecule has 1 aliphatic heterocycles. The molecule has 116 valence electrons. The quantitative estimate of drug-likeness (QED) is 0.875. The molecule has 2 aliphatic rings. The molecule has 0 spiro atoms. The Morgan fingerprint density at radius 2 is 2.19 bits per heavy atom. The number of benzene rings is 1. The number of halogens is 1. The number of rotatable bonds is 3. The summed E-state index contributed by atoms with van der Waals surface area (Å²) >= 11 is 3.36. The van der Waals surface area contributed by atoms with E-state index in [9.17, 15) is 8.42 Å². The monoisotopic (exact) mass is 374 g/mol. The van der Waals surface area contributed by atoms with Crippen molar-refractivity contribution in [3.63, 3.8) is 0 Å². The number of hydrogen-bond acceptors (Lipinski definition) is 4. The zero-order valence-corrected chi connectivity index (χ0v) is 14.1. The summed E-state index contributed by atoms with van der Waals surface area (Å²) in [5.74, 6) is 0. The molecule has 3 rings (SSSR count). The van der Waals surface area contributed by atoms with Crippen molar-refractivity contribution in [2.24, 2.45) is 5.73 Å². The van der Waals surface area contributed by atoms with Crippen LogP contribution in [0.2, 0.25) is 0 Å². The second-order valence-corrected chi connectivity index (χ2v) is 8.21. The molecule has 1 aliphatic carbocycles. The van der Waals surface area contributed by atoms with E-state index in [0.29, 0.717) is 29.1 Å². The Balaban J connectivity index is 2.00. The highest BCUT2D eigenvalue weighted by Crippen LogP contribution is 2.35. The van der Waals surface area contributed by atoms with Crippen molar-refractivity contribution in [1.82, 2.24) is 4.31 Å². The molecule has 2 N–H and O–H groups in total. The number of ether oxygens (including phenoxy) is 1. The molecule has 0 aromatic heterocycles. The summed E-state index contributed by atoms with van der Waals surface area (Å²) < 4.78 is 33.9. The molecule has 21 heavy (non-hydrogen) atoms. The lowest BCUT2D eigenvalue weighted by Gasteiger charge is -2.36. The van der Waals surface area contributed by atoms with Crippen LogP contribution in [-0.4, -0.2) is 38.0 Å². The molecule has 1 heterocycles. The van der Waals surface area contributed by atoms with Crippen molar-refractivity contribution in [2.75, 3.05) is 13.2 Å². The average molecular weight is 375 g/mol. The van der Waals surface area contributed by atoms with E-state index in [2.05, 4.69) is 15.9 Å². The summed E-state index contributed by atoms with van der Waals surface area (Å²) in [6.07, 6.45) is 2.88. The van der Waals surface area contributed by atoms with Crippen LogP contribution in [0.1, 0.15) is 24.8 Å². The first-order valence-electron chi connectivity index (χ1n) is 7.16. The Bertz CT molecular complexity index is 635. The van der Waals surface area contributed by atoms with E-state index in [1.807, 2.05) is 6.07 Å². The molecule has 2 atom stereocenters. The van der Waals surface area contributed by atoms with Gasteiger partial charge < -0.3 is 10.5 Å². The van der Waals surface area contributed by atoms with Crippen LogP contribution in [0.25, 0.3) is 0 Å². The molecule has 7 heteroatoms. The average Bonchev–Trinajstić information content (AvgIpc) is 2.95. The Morgan fingerprint density at radius 1 is 1.38 bits per heavy atom. The molecule has 1 aromatic rings. The molecule has 1 saturated carbocycles. The van der Waals surface area contributed by atoms with Gasteiger partial charge in [0, 0.05) is 17.6 Å². The number of hydrogen-bond donors (Lipinski definition) is 1. The van der Waals surface area contributed by atoms with E-state index in [1.165, 1.54) is 0 Å². The predicted octanol–water partition coefficient (Wildman–Crippen LogP) is 1.85. The van der Waals surface area contributed by atoms with Crippen LogP contribution in [0, 0.1) is 0 Å². The van der Waals surface area contributed by atoms with Crippen LogP contribution in [0.15, 0.2) is 27.6 Å². The minimum atomic E-state index is -3.53. The van der Waals surface area contributed by atoms with E-state index in [-0.39, 0.29) is 12.1 Å². The Kier molecular flexibility index (Phi) is 4.38. The second-order valence-electron chi connectivity index (χ2n) is 5.49. The SMILES string of the molecule is NCc1ccc(Br)c(S(=O)(=O)N2CCOC3CCCC32)c1. The lowest BCUT2D eigenvalue weighted by molar-refractivity contribution is -0.0241. The summed E-state index contributed by atoms with van der Waals surface area (Å²) in [6.45, 7) is 1.21. The number of morpholine rings is 1. The van der Waals surface area contributed by atoms with Gasteiger partial charge in [0.1, 0.15) is 0 Å². The first-order chi connectivity index (χ1) is 10.0. The summed E-state index contributed by atoms with van der Waals surface area (Å²) in [5, 5.41) is 0. The maximum atomic E-state index is 13.0. The highest BCUT2D eigenvalue weighted by Gasteiger charge is 2.42. The van der Waals surface area contributed by atoms with Gasteiger partial charge in [-0.05, 0) is 52.9 Å². The highest BCUT2D eigenvalue weighted by molar-refractivity contribution is 9.10. The van der Waals surface area contributed by atoms with Crippen molar-refractivity contribution in [3.8, 4) is 0 Å². The normalized spacial score (nSPS) is 26.8. The summed E-state index contributed by atoms with van der Waals surface area (Å²) in [7, 11) is -3.53. The van der Waals surface area contributed by atoms with Gasteiger partial charge >= 0.3 is 0 Å². The molecule has 0 bridgehead atoms. The van der Waals surface area contributed by atoms with Gasteiger partial charge in [0.15, 0.2) is 0 Å². The zero-order chi connectivity index (χ0) is 15.0. The van der Waals surface area contributed by atoms with Crippen LogP contribution < -0.4 is 5.73 Å². The second kappa shape index (κ2) is 5.96. The zero-order valence-electron chi connectivity index (χ0n) is 11.7. The third-order valence-corrected chi connectivity index (χ3v) is 7.17. The molecule has 1 aromatic carbocycles. The fourth-order valence-corrected chi connectivity index (χ4v) is 5.83. The lowest BCUT2D eigenvalue weighted by atomic mass is 10.2. The fourth-order valence-electron chi connectivity index (χ4n) is 3.19. The van der Waals surface area contributed by atoms with Crippen molar-refractivity contribution in [1.29, 1.82) is 0 Å². The van der Waals surface area contributed by atoms with Crippen LogP contribution in [-0.2, 0) is 21.3 Å². The van der Waals surface area contributed by atoms with Crippen molar-refractivity contribution < 1.29 is 13.2 Å².